The Morgan fingerprint density at radius 2 is 2.00 bits per heavy atom. The van der Waals surface area contributed by atoms with Crippen LogP contribution in [-0.4, -0.2) is 42.9 Å². The third kappa shape index (κ3) is 2.30. The van der Waals surface area contributed by atoms with E-state index in [0.717, 1.165) is 48.9 Å². The molecule has 8 heteroatoms. The van der Waals surface area contributed by atoms with Crippen molar-refractivity contribution in [2.75, 3.05) is 23.7 Å². The first-order chi connectivity index (χ1) is 11.1. The molecule has 3 aromatic heterocycles. The summed E-state index contributed by atoms with van der Waals surface area (Å²) in [6.45, 7) is 6.06. The summed E-state index contributed by atoms with van der Waals surface area (Å²) in [7, 11) is 0. The van der Waals surface area contributed by atoms with Gasteiger partial charge in [0.2, 0.25) is 5.95 Å². The monoisotopic (exact) mass is 312 g/mol. The highest BCUT2D eigenvalue weighted by atomic mass is 15.3. The van der Waals surface area contributed by atoms with Crippen molar-refractivity contribution < 1.29 is 0 Å². The zero-order chi connectivity index (χ0) is 16.0. The van der Waals surface area contributed by atoms with Gasteiger partial charge in [-0.15, -0.1) is 5.10 Å². The summed E-state index contributed by atoms with van der Waals surface area (Å²) in [5.41, 5.74) is 8.74. The minimum Gasteiger partial charge on any atom is -0.367 e. The van der Waals surface area contributed by atoms with Gasteiger partial charge >= 0.3 is 0 Å². The molecule has 0 amide bonds. The zero-order valence-electron chi connectivity index (χ0n) is 13.3. The van der Waals surface area contributed by atoms with Gasteiger partial charge in [-0.25, -0.2) is 4.98 Å². The topological polar surface area (TPSA) is 101 Å². The van der Waals surface area contributed by atoms with E-state index in [2.05, 4.69) is 44.0 Å². The fourth-order valence-corrected chi connectivity index (χ4v) is 3.33. The molecule has 4 heterocycles. The van der Waals surface area contributed by atoms with Crippen LogP contribution in [0.1, 0.15) is 35.8 Å². The number of H-pyrrole nitrogens is 1. The van der Waals surface area contributed by atoms with Crippen LogP contribution in [0.15, 0.2) is 12.3 Å². The van der Waals surface area contributed by atoms with Gasteiger partial charge in [0.05, 0.1) is 6.20 Å². The van der Waals surface area contributed by atoms with E-state index in [4.69, 9.17) is 5.73 Å². The first kappa shape index (κ1) is 14.0. The normalized spacial score (nSPS) is 16.3. The fraction of sp³-hybridized carbons (Fsp3) is 0.467. The summed E-state index contributed by atoms with van der Waals surface area (Å²) in [6.07, 6.45) is 3.82. The molecule has 0 spiro atoms. The summed E-state index contributed by atoms with van der Waals surface area (Å²) >= 11 is 0. The number of hydrogen-bond donors (Lipinski definition) is 2. The maximum Gasteiger partial charge on any atom is 0.239 e. The minimum absolute atomic E-state index is 0.321. The Bertz CT molecular complexity index is 840. The van der Waals surface area contributed by atoms with E-state index in [0.29, 0.717) is 11.9 Å². The summed E-state index contributed by atoms with van der Waals surface area (Å²) in [4.78, 5) is 11.3. The molecule has 4 rings (SSSR count). The second kappa shape index (κ2) is 5.22. The van der Waals surface area contributed by atoms with Crippen LogP contribution in [0.5, 0.6) is 0 Å². The Morgan fingerprint density at radius 1 is 1.22 bits per heavy atom. The number of hydrogen-bond acceptors (Lipinski definition) is 6. The van der Waals surface area contributed by atoms with Crippen molar-refractivity contribution >= 4 is 17.4 Å². The van der Waals surface area contributed by atoms with E-state index < -0.39 is 0 Å². The van der Waals surface area contributed by atoms with E-state index in [9.17, 15) is 0 Å². The highest BCUT2D eigenvalue weighted by Gasteiger charge is 2.26. The van der Waals surface area contributed by atoms with Crippen molar-refractivity contribution in [3.8, 4) is 0 Å². The van der Waals surface area contributed by atoms with Crippen LogP contribution in [0, 0.1) is 13.8 Å². The van der Waals surface area contributed by atoms with Crippen molar-refractivity contribution in [2.24, 2.45) is 0 Å². The highest BCUT2D eigenvalue weighted by Crippen LogP contribution is 2.31. The molecule has 3 aromatic rings. The molecular weight excluding hydrogens is 292 g/mol. The van der Waals surface area contributed by atoms with Gasteiger partial charge in [0.1, 0.15) is 11.6 Å². The molecule has 0 aromatic carbocycles. The molecule has 0 bridgehead atoms. The molecule has 3 N–H and O–H groups in total. The maximum absolute atomic E-state index is 5.61. The maximum atomic E-state index is 5.61. The lowest BCUT2D eigenvalue weighted by Gasteiger charge is -2.33. The summed E-state index contributed by atoms with van der Waals surface area (Å²) < 4.78 is 1.94. The number of fused-ring (bicyclic) bond motifs is 1. The Balaban J connectivity index is 1.61. The van der Waals surface area contributed by atoms with Crippen LogP contribution >= 0.6 is 0 Å². The number of anilines is 2. The van der Waals surface area contributed by atoms with E-state index in [1.807, 2.05) is 10.6 Å². The number of nitrogens with zero attached hydrogens (tertiary/aromatic N) is 6. The number of nitrogens with two attached hydrogens (primary N) is 1. The van der Waals surface area contributed by atoms with E-state index in [-0.39, 0.29) is 0 Å². The van der Waals surface area contributed by atoms with Crippen LogP contribution < -0.4 is 10.6 Å². The second-order valence-corrected chi connectivity index (χ2v) is 6.09. The molecule has 23 heavy (non-hydrogen) atoms. The molecule has 1 aliphatic rings. The number of rotatable bonds is 2. The Kier molecular flexibility index (Phi) is 3.17. The second-order valence-electron chi connectivity index (χ2n) is 6.09. The van der Waals surface area contributed by atoms with Gasteiger partial charge in [0.15, 0.2) is 5.65 Å². The molecule has 0 radical (unpaired) electrons. The lowest BCUT2D eigenvalue weighted by molar-refractivity contribution is 0.481. The standard InChI is InChI=1S/C15H20N8/c1-9-10(2)18-12-3-6-17-23(12)14(9)22-7-4-11(5-8-22)13-19-15(16)21-20-13/h3,6,11H,4-5,7-8H2,1-2H3,(H3,16,19,20,21). The summed E-state index contributed by atoms with van der Waals surface area (Å²) in [6, 6.07) is 1.94. The van der Waals surface area contributed by atoms with Gasteiger partial charge in [-0.05, 0) is 26.7 Å². The largest absolute Gasteiger partial charge is 0.367 e. The van der Waals surface area contributed by atoms with Crippen LogP contribution in [0.2, 0.25) is 0 Å². The van der Waals surface area contributed by atoms with Gasteiger partial charge in [-0.2, -0.15) is 14.6 Å². The minimum atomic E-state index is 0.321. The van der Waals surface area contributed by atoms with Crippen LogP contribution in [0.4, 0.5) is 11.8 Å². The van der Waals surface area contributed by atoms with Crippen LogP contribution in [-0.2, 0) is 0 Å². The predicted octanol–water partition coefficient (Wildman–Crippen LogP) is 1.43. The SMILES string of the molecule is Cc1nc2ccnn2c(N2CCC(c3nc(N)n[nH]3)CC2)c1C. The molecule has 0 saturated carbocycles. The van der Waals surface area contributed by atoms with Crippen molar-refractivity contribution in [3.63, 3.8) is 0 Å². The first-order valence-corrected chi connectivity index (χ1v) is 7.87. The van der Waals surface area contributed by atoms with Crippen molar-refractivity contribution in [1.29, 1.82) is 0 Å². The lowest BCUT2D eigenvalue weighted by Crippen LogP contribution is -2.35. The third-order valence-corrected chi connectivity index (χ3v) is 4.68. The molecule has 0 aliphatic carbocycles. The van der Waals surface area contributed by atoms with Gasteiger partial charge in [0, 0.05) is 36.3 Å². The highest BCUT2D eigenvalue weighted by molar-refractivity contribution is 5.56. The van der Waals surface area contributed by atoms with Crippen LogP contribution in [0.25, 0.3) is 5.65 Å². The summed E-state index contributed by atoms with van der Waals surface area (Å²) in [5, 5.41) is 11.3. The van der Waals surface area contributed by atoms with Crippen molar-refractivity contribution in [3.05, 3.63) is 29.3 Å². The first-order valence-electron chi connectivity index (χ1n) is 7.87. The third-order valence-electron chi connectivity index (χ3n) is 4.68. The van der Waals surface area contributed by atoms with Gasteiger partial charge < -0.3 is 10.6 Å². The predicted molar refractivity (Wildman–Crippen MR) is 87.4 cm³/mol. The lowest BCUT2D eigenvalue weighted by atomic mass is 9.96. The van der Waals surface area contributed by atoms with Gasteiger partial charge in [0.25, 0.3) is 0 Å². The molecule has 0 atom stereocenters. The average molecular weight is 312 g/mol. The number of aromatic nitrogens is 6. The molecule has 1 fully saturated rings. The molecule has 1 aliphatic heterocycles. The number of nitrogen functional groups attached to an aromatic ring is 1. The van der Waals surface area contributed by atoms with E-state index in [1.54, 1.807) is 6.20 Å². The average Bonchev–Trinajstić information content (AvgIpc) is 3.17. The Labute approximate surface area is 133 Å². The molecule has 120 valence electrons. The van der Waals surface area contributed by atoms with E-state index >= 15 is 0 Å². The Morgan fingerprint density at radius 3 is 2.70 bits per heavy atom. The van der Waals surface area contributed by atoms with Crippen molar-refractivity contribution in [2.45, 2.75) is 32.6 Å². The van der Waals surface area contributed by atoms with Crippen LogP contribution in [0.3, 0.4) is 0 Å². The van der Waals surface area contributed by atoms with Crippen molar-refractivity contribution in [1.82, 2.24) is 29.8 Å². The fourth-order valence-electron chi connectivity index (χ4n) is 3.33. The molecule has 8 nitrogen and oxygen atoms in total. The Hall–Kier alpha value is -2.64. The summed E-state index contributed by atoms with van der Waals surface area (Å²) in [5.74, 6) is 2.75. The molecule has 0 unspecified atom stereocenters. The number of nitrogens with one attached hydrogen (secondary N) is 1. The molecule has 1 saturated heterocycles. The zero-order valence-corrected chi connectivity index (χ0v) is 13.3. The smallest absolute Gasteiger partial charge is 0.239 e. The number of piperidine rings is 1. The van der Waals surface area contributed by atoms with Gasteiger partial charge in [-0.3, -0.25) is 5.10 Å². The van der Waals surface area contributed by atoms with Gasteiger partial charge in [-0.1, -0.05) is 0 Å². The number of aromatic amines is 1. The molecular formula is C15H20N8. The van der Waals surface area contributed by atoms with E-state index in [1.165, 1.54) is 5.56 Å². The quantitative estimate of drug-likeness (QED) is 0.742. The number of aryl methyl sites for hydroxylation is 1.